The van der Waals surface area contributed by atoms with Crippen LogP contribution in [0.1, 0.15) is 22.6 Å². The van der Waals surface area contributed by atoms with Gasteiger partial charge in [0.15, 0.2) is 5.58 Å². The molecule has 2 aromatic heterocycles. The maximum absolute atomic E-state index is 12.2. The normalized spacial score (nSPS) is 10.9. The summed E-state index contributed by atoms with van der Waals surface area (Å²) in [4.78, 5) is 20.5. The molecular weight excluding hydrogens is 280 g/mol. The van der Waals surface area contributed by atoms with Gasteiger partial charge in [-0.05, 0) is 39.0 Å². The second kappa shape index (κ2) is 5.55. The Hall–Kier alpha value is -2.76. The summed E-state index contributed by atoms with van der Waals surface area (Å²) in [5.74, 6) is 0.0909. The maximum Gasteiger partial charge on any atom is 0.232 e. The standard InChI is InChI=1S/C16H16N4O2/c1-9-4-5-14-12(6-9)13(20-22-14)8-15(21)19-16-17-10(2)7-11(3)18-16/h4-7H,8H2,1-3H3,(H,17,18,19,21). The Morgan fingerprint density at radius 3 is 2.59 bits per heavy atom. The fourth-order valence-corrected chi connectivity index (χ4v) is 2.33. The van der Waals surface area contributed by atoms with Crippen LogP contribution in [0.5, 0.6) is 0 Å². The number of aromatic nitrogens is 3. The first-order valence-electron chi connectivity index (χ1n) is 6.98. The molecule has 3 aromatic rings. The molecule has 0 saturated heterocycles. The SMILES string of the molecule is Cc1ccc2onc(CC(=O)Nc3nc(C)cc(C)n3)c2c1. The monoisotopic (exact) mass is 296 g/mol. The third-order valence-corrected chi connectivity index (χ3v) is 3.26. The van der Waals surface area contributed by atoms with E-state index < -0.39 is 0 Å². The third-order valence-electron chi connectivity index (χ3n) is 3.26. The summed E-state index contributed by atoms with van der Waals surface area (Å²) in [6, 6.07) is 7.61. The van der Waals surface area contributed by atoms with Crippen molar-refractivity contribution in [1.29, 1.82) is 0 Å². The van der Waals surface area contributed by atoms with Crippen LogP contribution in [-0.2, 0) is 11.2 Å². The van der Waals surface area contributed by atoms with Crippen LogP contribution in [0, 0.1) is 20.8 Å². The smallest absolute Gasteiger partial charge is 0.232 e. The summed E-state index contributed by atoms with van der Waals surface area (Å²) in [5.41, 5.74) is 4.00. The van der Waals surface area contributed by atoms with Crippen molar-refractivity contribution in [2.24, 2.45) is 0 Å². The van der Waals surface area contributed by atoms with E-state index in [2.05, 4.69) is 20.4 Å². The molecule has 1 aromatic carbocycles. The van der Waals surface area contributed by atoms with Crippen LogP contribution >= 0.6 is 0 Å². The first-order chi connectivity index (χ1) is 10.5. The molecule has 6 nitrogen and oxygen atoms in total. The van der Waals surface area contributed by atoms with Gasteiger partial charge in [0.2, 0.25) is 11.9 Å². The van der Waals surface area contributed by atoms with E-state index in [0.717, 1.165) is 22.3 Å². The molecule has 0 atom stereocenters. The number of nitrogens with zero attached hydrogens (tertiary/aromatic N) is 3. The van der Waals surface area contributed by atoms with E-state index in [9.17, 15) is 4.79 Å². The van der Waals surface area contributed by atoms with Crippen LogP contribution in [0.15, 0.2) is 28.8 Å². The minimum atomic E-state index is -0.221. The molecule has 0 spiro atoms. The van der Waals surface area contributed by atoms with Gasteiger partial charge in [-0.3, -0.25) is 10.1 Å². The minimum Gasteiger partial charge on any atom is -0.356 e. The predicted octanol–water partition coefficient (Wildman–Crippen LogP) is 2.72. The van der Waals surface area contributed by atoms with Gasteiger partial charge in [-0.1, -0.05) is 16.8 Å². The lowest BCUT2D eigenvalue weighted by Crippen LogP contribution is -2.17. The van der Waals surface area contributed by atoms with E-state index in [1.54, 1.807) is 0 Å². The topological polar surface area (TPSA) is 80.9 Å². The largest absolute Gasteiger partial charge is 0.356 e. The van der Waals surface area contributed by atoms with Crippen molar-refractivity contribution < 1.29 is 9.32 Å². The number of hydrogen-bond acceptors (Lipinski definition) is 5. The highest BCUT2D eigenvalue weighted by Gasteiger charge is 2.13. The lowest BCUT2D eigenvalue weighted by atomic mass is 10.1. The lowest BCUT2D eigenvalue weighted by molar-refractivity contribution is -0.115. The van der Waals surface area contributed by atoms with Gasteiger partial charge in [-0.2, -0.15) is 0 Å². The molecule has 0 aliphatic carbocycles. The van der Waals surface area contributed by atoms with Crippen LogP contribution in [0.3, 0.4) is 0 Å². The van der Waals surface area contributed by atoms with Crippen LogP contribution in [0.25, 0.3) is 11.0 Å². The molecule has 112 valence electrons. The maximum atomic E-state index is 12.2. The average molecular weight is 296 g/mol. The van der Waals surface area contributed by atoms with Crippen molar-refractivity contribution in [3.63, 3.8) is 0 Å². The number of carbonyl (C=O) groups excluding carboxylic acids is 1. The molecule has 1 N–H and O–H groups in total. The van der Waals surface area contributed by atoms with Gasteiger partial charge in [0.05, 0.1) is 6.42 Å². The molecule has 0 radical (unpaired) electrons. The third kappa shape index (κ3) is 2.95. The fourth-order valence-electron chi connectivity index (χ4n) is 2.33. The number of hydrogen-bond donors (Lipinski definition) is 1. The number of rotatable bonds is 3. The van der Waals surface area contributed by atoms with E-state index in [1.165, 1.54) is 0 Å². The Morgan fingerprint density at radius 2 is 1.86 bits per heavy atom. The number of carbonyl (C=O) groups is 1. The van der Waals surface area contributed by atoms with Gasteiger partial charge >= 0.3 is 0 Å². The zero-order valence-electron chi connectivity index (χ0n) is 12.7. The summed E-state index contributed by atoms with van der Waals surface area (Å²) in [5, 5.41) is 7.53. The quantitative estimate of drug-likeness (QED) is 0.803. The van der Waals surface area contributed by atoms with Crippen molar-refractivity contribution in [1.82, 2.24) is 15.1 Å². The first-order valence-corrected chi connectivity index (χ1v) is 6.98. The van der Waals surface area contributed by atoms with Crippen LogP contribution < -0.4 is 5.32 Å². The Kier molecular flexibility index (Phi) is 3.58. The lowest BCUT2D eigenvalue weighted by Gasteiger charge is -2.04. The Labute approximate surface area is 127 Å². The van der Waals surface area contributed by atoms with Gasteiger partial charge in [-0.25, -0.2) is 9.97 Å². The van der Waals surface area contributed by atoms with Crippen molar-refractivity contribution in [2.75, 3.05) is 5.32 Å². The number of nitrogens with one attached hydrogen (secondary N) is 1. The Balaban J connectivity index is 1.79. The minimum absolute atomic E-state index is 0.118. The molecule has 0 fully saturated rings. The first kappa shape index (κ1) is 14.2. The van der Waals surface area contributed by atoms with Crippen LogP contribution in [-0.4, -0.2) is 21.0 Å². The summed E-state index contributed by atoms with van der Waals surface area (Å²) in [7, 11) is 0. The summed E-state index contributed by atoms with van der Waals surface area (Å²) in [6.45, 7) is 5.70. The molecule has 0 aliphatic heterocycles. The molecule has 0 saturated carbocycles. The Morgan fingerprint density at radius 1 is 1.14 bits per heavy atom. The zero-order chi connectivity index (χ0) is 15.7. The predicted molar refractivity (Wildman–Crippen MR) is 82.6 cm³/mol. The molecule has 0 aliphatic rings. The second-order valence-electron chi connectivity index (χ2n) is 5.33. The highest BCUT2D eigenvalue weighted by Crippen LogP contribution is 2.20. The van der Waals surface area contributed by atoms with Crippen LogP contribution in [0.4, 0.5) is 5.95 Å². The van der Waals surface area contributed by atoms with Gasteiger partial charge in [-0.15, -0.1) is 0 Å². The van der Waals surface area contributed by atoms with E-state index in [-0.39, 0.29) is 12.3 Å². The summed E-state index contributed by atoms with van der Waals surface area (Å²) < 4.78 is 5.23. The van der Waals surface area contributed by atoms with Crippen molar-refractivity contribution >= 4 is 22.8 Å². The summed E-state index contributed by atoms with van der Waals surface area (Å²) in [6.07, 6.45) is 0.118. The highest BCUT2D eigenvalue weighted by molar-refractivity contribution is 5.93. The van der Waals surface area contributed by atoms with Crippen LogP contribution in [0.2, 0.25) is 0 Å². The summed E-state index contributed by atoms with van der Waals surface area (Å²) >= 11 is 0. The van der Waals surface area contributed by atoms with E-state index >= 15 is 0 Å². The number of fused-ring (bicyclic) bond motifs is 1. The number of amides is 1. The number of anilines is 1. The number of benzene rings is 1. The van der Waals surface area contributed by atoms with E-state index in [1.807, 2.05) is 45.0 Å². The molecule has 2 heterocycles. The highest BCUT2D eigenvalue weighted by atomic mass is 16.5. The fraction of sp³-hybridized carbons (Fsp3) is 0.250. The van der Waals surface area contributed by atoms with Crippen molar-refractivity contribution in [3.05, 3.63) is 46.9 Å². The zero-order valence-corrected chi connectivity index (χ0v) is 12.7. The molecule has 1 amide bonds. The molecule has 0 bridgehead atoms. The number of aryl methyl sites for hydroxylation is 3. The second-order valence-corrected chi connectivity index (χ2v) is 5.33. The Bertz CT molecular complexity index is 834. The van der Waals surface area contributed by atoms with Gasteiger partial charge in [0, 0.05) is 16.8 Å². The van der Waals surface area contributed by atoms with Gasteiger partial charge < -0.3 is 4.52 Å². The van der Waals surface area contributed by atoms with Crippen molar-refractivity contribution in [3.8, 4) is 0 Å². The average Bonchev–Trinajstić information content (AvgIpc) is 2.80. The molecule has 0 unspecified atom stereocenters. The van der Waals surface area contributed by atoms with Gasteiger partial charge in [0.25, 0.3) is 0 Å². The van der Waals surface area contributed by atoms with Crippen molar-refractivity contribution in [2.45, 2.75) is 27.2 Å². The van der Waals surface area contributed by atoms with Gasteiger partial charge in [0.1, 0.15) is 5.69 Å². The molecule has 6 heteroatoms. The van der Waals surface area contributed by atoms with E-state index in [0.29, 0.717) is 17.2 Å². The molecule has 22 heavy (non-hydrogen) atoms. The molecule has 3 rings (SSSR count). The van der Waals surface area contributed by atoms with E-state index in [4.69, 9.17) is 4.52 Å². The molecular formula is C16H16N4O2.